The van der Waals surface area contributed by atoms with E-state index in [4.69, 9.17) is 5.73 Å². The minimum Gasteiger partial charge on any atom is -0.322 e. The summed E-state index contributed by atoms with van der Waals surface area (Å²) in [7, 11) is 0. The summed E-state index contributed by atoms with van der Waals surface area (Å²) in [5, 5.41) is 5.44. The number of Topliss-reactive ketones (excluding diaryl/α,β-unsaturated/α-hetero) is 1. The predicted molar refractivity (Wildman–Crippen MR) is 69.6 cm³/mol. The van der Waals surface area contributed by atoms with Crippen LogP contribution in [0.25, 0.3) is 0 Å². The van der Waals surface area contributed by atoms with Crippen LogP contribution in [0, 0.1) is 6.92 Å². The zero-order valence-electron chi connectivity index (χ0n) is 9.64. The quantitative estimate of drug-likeness (QED) is 0.863. The van der Waals surface area contributed by atoms with Gasteiger partial charge in [-0.25, -0.2) is 9.97 Å². The molecule has 2 heterocycles. The Morgan fingerprint density at radius 2 is 2.18 bits per heavy atom. The smallest absolute Gasteiger partial charge is 0.188 e. The SMILES string of the molecule is Cc1nc(CC(=O)c2csc(C(C)N)n2)cs1. The molecule has 0 saturated heterocycles. The van der Waals surface area contributed by atoms with Crippen LogP contribution in [-0.4, -0.2) is 15.8 Å². The van der Waals surface area contributed by atoms with Gasteiger partial charge in [-0.15, -0.1) is 22.7 Å². The third-order valence-electron chi connectivity index (χ3n) is 2.21. The van der Waals surface area contributed by atoms with Crippen LogP contribution in [0.5, 0.6) is 0 Å². The molecule has 0 aliphatic heterocycles. The van der Waals surface area contributed by atoms with Gasteiger partial charge < -0.3 is 5.73 Å². The molecule has 1 atom stereocenters. The van der Waals surface area contributed by atoms with Gasteiger partial charge in [0.15, 0.2) is 5.78 Å². The summed E-state index contributed by atoms with van der Waals surface area (Å²) < 4.78 is 0. The lowest BCUT2D eigenvalue weighted by Gasteiger charge is -1.97. The highest BCUT2D eigenvalue weighted by Gasteiger charge is 2.14. The van der Waals surface area contributed by atoms with Crippen LogP contribution in [-0.2, 0) is 6.42 Å². The third-order valence-corrected chi connectivity index (χ3v) is 4.07. The van der Waals surface area contributed by atoms with E-state index < -0.39 is 0 Å². The molecule has 4 nitrogen and oxygen atoms in total. The average molecular weight is 267 g/mol. The average Bonchev–Trinajstić information content (AvgIpc) is 2.86. The fourth-order valence-corrected chi connectivity index (χ4v) is 2.76. The van der Waals surface area contributed by atoms with Crippen LogP contribution < -0.4 is 5.73 Å². The highest BCUT2D eigenvalue weighted by atomic mass is 32.1. The van der Waals surface area contributed by atoms with Crippen LogP contribution >= 0.6 is 22.7 Å². The van der Waals surface area contributed by atoms with E-state index >= 15 is 0 Å². The number of aryl methyl sites for hydroxylation is 1. The number of aromatic nitrogens is 2. The summed E-state index contributed by atoms with van der Waals surface area (Å²) in [4.78, 5) is 20.4. The Labute approximate surface area is 108 Å². The maximum atomic E-state index is 11.9. The number of ketones is 1. The number of rotatable bonds is 4. The molecule has 0 saturated carbocycles. The van der Waals surface area contributed by atoms with Crippen molar-refractivity contribution in [2.45, 2.75) is 26.3 Å². The summed E-state index contributed by atoms with van der Waals surface area (Å²) in [6.07, 6.45) is 0.312. The van der Waals surface area contributed by atoms with Gasteiger partial charge in [-0.1, -0.05) is 0 Å². The lowest BCUT2D eigenvalue weighted by molar-refractivity contribution is 0.0988. The molecule has 0 aliphatic carbocycles. The Hall–Kier alpha value is -1.11. The second kappa shape index (κ2) is 5.03. The van der Waals surface area contributed by atoms with Gasteiger partial charge in [-0.05, 0) is 13.8 Å². The van der Waals surface area contributed by atoms with E-state index in [-0.39, 0.29) is 11.8 Å². The van der Waals surface area contributed by atoms with Crippen LogP contribution in [0.2, 0.25) is 0 Å². The molecule has 6 heteroatoms. The van der Waals surface area contributed by atoms with Crippen molar-refractivity contribution in [2.24, 2.45) is 5.73 Å². The number of hydrogen-bond acceptors (Lipinski definition) is 6. The fraction of sp³-hybridized carbons (Fsp3) is 0.364. The number of nitrogens with zero attached hydrogens (tertiary/aromatic N) is 2. The van der Waals surface area contributed by atoms with Crippen molar-refractivity contribution in [3.05, 3.63) is 32.2 Å². The first-order chi connectivity index (χ1) is 8.06. The van der Waals surface area contributed by atoms with E-state index in [1.54, 1.807) is 16.7 Å². The molecule has 90 valence electrons. The monoisotopic (exact) mass is 267 g/mol. The van der Waals surface area contributed by atoms with Crippen molar-refractivity contribution < 1.29 is 4.79 Å². The Morgan fingerprint density at radius 3 is 2.71 bits per heavy atom. The topological polar surface area (TPSA) is 68.9 Å². The zero-order valence-corrected chi connectivity index (χ0v) is 11.3. The van der Waals surface area contributed by atoms with E-state index in [0.717, 1.165) is 15.7 Å². The molecule has 2 rings (SSSR count). The van der Waals surface area contributed by atoms with Gasteiger partial charge in [-0.3, -0.25) is 4.79 Å². The van der Waals surface area contributed by atoms with Crippen LogP contribution in [0.4, 0.5) is 0 Å². The van der Waals surface area contributed by atoms with Gasteiger partial charge in [0, 0.05) is 10.8 Å². The molecule has 0 aliphatic rings. The summed E-state index contributed by atoms with van der Waals surface area (Å²) in [6.45, 7) is 3.78. The van der Waals surface area contributed by atoms with Gasteiger partial charge in [0.1, 0.15) is 10.7 Å². The van der Waals surface area contributed by atoms with E-state index in [1.165, 1.54) is 11.3 Å². The molecule has 1 unspecified atom stereocenters. The number of hydrogen-bond donors (Lipinski definition) is 1. The van der Waals surface area contributed by atoms with Gasteiger partial charge in [-0.2, -0.15) is 0 Å². The minimum atomic E-state index is -0.122. The standard InChI is InChI=1S/C11H13N3OS2/c1-6(12)11-14-9(5-17-11)10(15)3-8-4-16-7(2)13-8/h4-6H,3,12H2,1-2H3. The molecular formula is C11H13N3OS2. The molecule has 2 aromatic rings. The van der Waals surface area contributed by atoms with Crippen molar-refractivity contribution in [1.29, 1.82) is 0 Å². The van der Waals surface area contributed by atoms with Crippen LogP contribution in [0.15, 0.2) is 10.8 Å². The highest BCUT2D eigenvalue weighted by Crippen LogP contribution is 2.17. The van der Waals surface area contributed by atoms with Crippen molar-refractivity contribution >= 4 is 28.5 Å². The largest absolute Gasteiger partial charge is 0.322 e. The first kappa shape index (κ1) is 12.3. The van der Waals surface area contributed by atoms with Crippen molar-refractivity contribution in [3.63, 3.8) is 0 Å². The molecule has 2 aromatic heterocycles. The Kier molecular flexibility index (Phi) is 3.66. The molecule has 2 N–H and O–H groups in total. The van der Waals surface area contributed by atoms with E-state index in [0.29, 0.717) is 12.1 Å². The minimum absolute atomic E-state index is 0.00144. The summed E-state index contributed by atoms with van der Waals surface area (Å²) >= 11 is 2.98. The molecule has 17 heavy (non-hydrogen) atoms. The molecule has 0 amide bonds. The molecule has 0 bridgehead atoms. The van der Waals surface area contributed by atoms with Crippen molar-refractivity contribution in [3.8, 4) is 0 Å². The van der Waals surface area contributed by atoms with Gasteiger partial charge in [0.2, 0.25) is 0 Å². The Morgan fingerprint density at radius 1 is 1.41 bits per heavy atom. The van der Waals surface area contributed by atoms with E-state index in [2.05, 4.69) is 9.97 Å². The number of thiazole rings is 2. The summed E-state index contributed by atoms with van der Waals surface area (Å²) in [6, 6.07) is -0.122. The van der Waals surface area contributed by atoms with Crippen molar-refractivity contribution in [1.82, 2.24) is 9.97 Å². The molecular weight excluding hydrogens is 254 g/mol. The Balaban J connectivity index is 2.09. The highest BCUT2D eigenvalue weighted by molar-refractivity contribution is 7.10. The molecule has 0 aromatic carbocycles. The summed E-state index contributed by atoms with van der Waals surface area (Å²) in [5.41, 5.74) is 7.02. The van der Waals surface area contributed by atoms with Crippen LogP contribution in [0.3, 0.4) is 0 Å². The number of nitrogens with two attached hydrogens (primary N) is 1. The van der Waals surface area contributed by atoms with E-state index in [9.17, 15) is 4.79 Å². The molecule has 0 spiro atoms. The maximum absolute atomic E-state index is 11.9. The Bertz CT molecular complexity index is 530. The maximum Gasteiger partial charge on any atom is 0.188 e. The zero-order chi connectivity index (χ0) is 12.4. The second-order valence-electron chi connectivity index (χ2n) is 3.82. The van der Waals surface area contributed by atoms with E-state index in [1.807, 2.05) is 19.2 Å². The number of carbonyl (C=O) groups is 1. The lowest BCUT2D eigenvalue weighted by Crippen LogP contribution is -2.07. The first-order valence-corrected chi connectivity index (χ1v) is 6.97. The molecule has 0 radical (unpaired) electrons. The van der Waals surface area contributed by atoms with Crippen LogP contribution in [0.1, 0.15) is 39.2 Å². The fourth-order valence-electron chi connectivity index (χ4n) is 1.37. The summed E-state index contributed by atoms with van der Waals surface area (Å²) in [5.74, 6) is -0.00144. The van der Waals surface area contributed by atoms with Gasteiger partial charge in [0.05, 0.1) is 23.2 Å². The lowest BCUT2D eigenvalue weighted by atomic mass is 10.2. The van der Waals surface area contributed by atoms with Gasteiger partial charge in [0.25, 0.3) is 0 Å². The van der Waals surface area contributed by atoms with Gasteiger partial charge >= 0.3 is 0 Å². The predicted octanol–water partition coefficient (Wildman–Crippen LogP) is 2.35. The molecule has 0 fully saturated rings. The number of carbonyl (C=O) groups excluding carboxylic acids is 1. The first-order valence-electron chi connectivity index (χ1n) is 5.21. The normalized spacial score (nSPS) is 12.6. The van der Waals surface area contributed by atoms with Crippen molar-refractivity contribution in [2.75, 3.05) is 0 Å². The second-order valence-corrected chi connectivity index (χ2v) is 5.77. The third kappa shape index (κ3) is 2.96.